The Labute approximate surface area is 101 Å². The number of nitrogens with zero attached hydrogens (tertiary/aromatic N) is 2. The normalized spacial score (nSPS) is 10.4. The number of aldehydes is 1. The zero-order valence-corrected chi connectivity index (χ0v) is 10.9. The highest BCUT2D eigenvalue weighted by molar-refractivity contribution is 7.17. The summed E-state index contributed by atoms with van der Waals surface area (Å²) < 4.78 is 0. The van der Waals surface area contributed by atoms with E-state index in [-0.39, 0.29) is 0 Å². The van der Waals surface area contributed by atoms with Crippen LogP contribution in [0.3, 0.4) is 0 Å². The van der Waals surface area contributed by atoms with E-state index >= 15 is 0 Å². The van der Waals surface area contributed by atoms with Crippen LogP contribution in [0, 0.1) is 0 Å². The van der Waals surface area contributed by atoms with Crippen LogP contribution in [0.25, 0.3) is 0 Å². The lowest BCUT2D eigenvalue weighted by atomic mass is 10.3. The third kappa shape index (κ3) is 3.93. The molecule has 0 spiro atoms. The van der Waals surface area contributed by atoms with E-state index in [1.54, 1.807) is 6.20 Å². The van der Waals surface area contributed by atoms with Crippen molar-refractivity contribution in [3.05, 3.63) is 11.1 Å². The maximum absolute atomic E-state index is 10.6. The average Bonchev–Trinajstić information content (AvgIpc) is 2.78. The summed E-state index contributed by atoms with van der Waals surface area (Å²) in [6.07, 6.45) is 7.28. The molecule has 0 aliphatic rings. The fourth-order valence-corrected chi connectivity index (χ4v) is 2.26. The monoisotopic (exact) mass is 240 g/mol. The first-order chi connectivity index (χ1) is 7.81. The van der Waals surface area contributed by atoms with E-state index in [0.29, 0.717) is 4.88 Å². The predicted octanol–water partition coefficient (Wildman–Crippen LogP) is 3.36. The molecule has 0 N–H and O–H groups in total. The van der Waals surface area contributed by atoms with E-state index in [0.717, 1.165) is 24.5 Å². The molecule has 1 aromatic rings. The fourth-order valence-electron chi connectivity index (χ4n) is 1.48. The summed E-state index contributed by atoms with van der Waals surface area (Å²) >= 11 is 1.49. The van der Waals surface area contributed by atoms with Crippen LogP contribution in [0.2, 0.25) is 0 Å². The number of carbonyl (C=O) groups is 1. The number of unbranched alkanes of at least 4 members (excludes halogenated alkanes) is 2. The number of aromatic nitrogens is 1. The van der Waals surface area contributed by atoms with Gasteiger partial charge in [0.25, 0.3) is 0 Å². The lowest BCUT2D eigenvalue weighted by molar-refractivity contribution is 0.112. The maximum Gasteiger partial charge on any atom is 0.185 e. The molecule has 3 nitrogen and oxygen atoms in total. The van der Waals surface area contributed by atoms with E-state index in [9.17, 15) is 4.79 Å². The molecule has 4 heteroatoms. The highest BCUT2D eigenvalue weighted by atomic mass is 32.1. The minimum Gasteiger partial charge on any atom is -0.348 e. The van der Waals surface area contributed by atoms with Crippen LogP contribution in [0.4, 0.5) is 5.13 Å². The number of carbonyl (C=O) groups excluding carboxylic acids is 1. The van der Waals surface area contributed by atoms with Crippen LogP contribution >= 0.6 is 11.3 Å². The highest BCUT2D eigenvalue weighted by Crippen LogP contribution is 2.22. The Balaban J connectivity index is 2.62. The van der Waals surface area contributed by atoms with Gasteiger partial charge in [0, 0.05) is 13.1 Å². The van der Waals surface area contributed by atoms with Crippen molar-refractivity contribution in [2.45, 2.75) is 39.5 Å². The Kier molecular flexibility index (Phi) is 6.08. The molecule has 0 fully saturated rings. The van der Waals surface area contributed by atoms with Crippen LogP contribution < -0.4 is 4.90 Å². The van der Waals surface area contributed by atoms with Crippen LogP contribution in [0.15, 0.2) is 6.20 Å². The van der Waals surface area contributed by atoms with Crippen molar-refractivity contribution in [3.63, 3.8) is 0 Å². The highest BCUT2D eigenvalue weighted by Gasteiger charge is 2.09. The molecule has 0 saturated carbocycles. The number of rotatable bonds is 8. The average molecular weight is 240 g/mol. The lowest BCUT2D eigenvalue weighted by Crippen LogP contribution is -2.25. The van der Waals surface area contributed by atoms with Gasteiger partial charge < -0.3 is 4.90 Å². The van der Waals surface area contributed by atoms with Gasteiger partial charge >= 0.3 is 0 Å². The predicted molar refractivity (Wildman–Crippen MR) is 69.5 cm³/mol. The third-order valence-corrected chi connectivity index (χ3v) is 3.44. The molecule has 1 rings (SSSR count). The zero-order chi connectivity index (χ0) is 11.8. The minimum absolute atomic E-state index is 0.716. The van der Waals surface area contributed by atoms with Crippen molar-refractivity contribution < 1.29 is 4.79 Å². The molecule has 0 aliphatic carbocycles. The van der Waals surface area contributed by atoms with Crippen LogP contribution in [-0.4, -0.2) is 24.4 Å². The molecule has 0 amide bonds. The van der Waals surface area contributed by atoms with E-state index in [4.69, 9.17) is 0 Å². The number of hydrogen-bond donors (Lipinski definition) is 0. The number of hydrogen-bond acceptors (Lipinski definition) is 4. The summed E-state index contributed by atoms with van der Waals surface area (Å²) in [4.78, 5) is 17.9. The van der Waals surface area contributed by atoms with Gasteiger partial charge in [0.1, 0.15) is 0 Å². The van der Waals surface area contributed by atoms with Gasteiger partial charge in [-0.3, -0.25) is 4.79 Å². The summed E-state index contributed by atoms with van der Waals surface area (Å²) in [7, 11) is 0. The van der Waals surface area contributed by atoms with Gasteiger partial charge in [0.15, 0.2) is 11.4 Å². The third-order valence-electron chi connectivity index (χ3n) is 2.46. The van der Waals surface area contributed by atoms with Gasteiger partial charge in [-0.1, -0.05) is 38.0 Å². The first-order valence-electron chi connectivity index (χ1n) is 5.97. The van der Waals surface area contributed by atoms with E-state index in [2.05, 4.69) is 23.7 Å². The Hall–Kier alpha value is -0.900. The molecular weight excluding hydrogens is 220 g/mol. The number of anilines is 1. The Bertz CT molecular complexity index is 304. The van der Waals surface area contributed by atoms with Crippen LogP contribution in [-0.2, 0) is 0 Å². The summed E-state index contributed by atoms with van der Waals surface area (Å²) in [5.41, 5.74) is 0. The quantitative estimate of drug-likeness (QED) is 0.653. The smallest absolute Gasteiger partial charge is 0.185 e. The van der Waals surface area contributed by atoms with Gasteiger partial charge in [0.05, 0.1) is 11.1 Å². The molecule has 0 bridgehead atoms. The summed E-state index contributed by atoms with van der Waals surface area (Å²) in [5, 5.41) is 0.990. The largest absolute Gasteiger partial charge is 0.348 e. The molecule has 0 unspecified atom stereocenters. The molecule has 0 aromatic carbocycles. The fraction of sp³-hybridized carbons (Fsp3) is 0.667. The molecule has 0 aliphatic heterocycles. The van der Waals surface area contributed by atoms with Crippen molar-refractivity contribution >= 4 is 22.8 Å². The summed E-state index contributed by atoms with van der Waals surface area (Å²) in [6.45, 7) is 6.47. The molecule has 1 heterocycles. The lowest BCUT2D eigenvalue weighted by Gasteiger charge is -2.21. The van der Waals surface area contributed by atoms with Gasteiger partial charge in [0.2, 0.25) is 0 Å². The van der Waals surface area contributed by atoms with Gasteiger partial charge in [-0.25, -0.2) is 4.98 Å². The van der Waals surface area contributed by atoms with E-state index in [1.807, 2.05) is 0 Å². The molecule has 0 atom stereocenters. The van der Waals surface area contributed by atoms with Gasteiger partial charge in [-0.2, -0.15) is 0 Å². The topological polar surface area (TPSA) is 33.2 Å². The van der Waals surface area contributed by atoms with E-state index in [1.165, 1.54) is 37.0 Å². The summed E-state index contributed by atoms with van der Waals surface area (Å²) in [6, 6.07) is 0. The first kappa shape index (κ1) is 13.2. The van der Waals surface area contributed by atoms with Crippen molar-refractivity contribution in [2.24, 2.45) is 0 Å². The minimum atomic E-state index is 0.716. The maximum atomic E-state index is 10.6. The van der Waals surface area contributed by atoms with Gasteiger partial charge in [-0.05, 0) is 12.8 Å². The Morgan fingerprint density at radius 3 is 2.38 bits per heavy atom. The molecule has 0 radical (unpaired) electrons. The second-order valence-corrected chi connectivity index (χ2v) is 4.90. The summed E-state index contributed by atoms with van der Waals surface area (Å²) in [5.74, 6) is 0. The van der Waals surface area contributed by atoms with Gasteiger partial charge in [-0.15, -0.1) is 0 Å². The van der Waals surface area contributed by atoms with Crippen molar-refractivity contribution in [2.75, 3.05) is 18.0 Å². The standard InChI is InChI=1S/C12H20N2OS/c1-3-5-7-14(8-6-4-2)12-13-9-11(10-15)16-12/h9-10H,3-8H2,1-2H3. The molecule has 16 heavy (non-hydrogen) atoms. The SMILES string of the molecule is CCCCN(CCCC)c1ncc(C=O)s1. The first-order valence-corrected chi connectivity index (χ1v) is 6.79. The van der Waals surface area contributed by atoms with Crippen molar-refractivity contribution in [1.29, 1.82) is 0 Å². The Morgan fingerprint density at radius 1 is 1.31 bits per heavy atom. The number of thiazole rings is 1. The van der Waals surface area contributed by atoms with Crippen molar-refractivity contribution in [1.82, 2.24) is 4.98 Å². The molecule has 90 valence electrons. The van der Waals surface area contributed by atoms with E-state index < -0.39 is 0 Å². The second kappa shape index (κ2) is 7.39. The van der Waals surface area contributed by atoms with Crippen LogP contribution in [0.5, 0.6) is 0 Å². The molecule has 1 aromatic heterocycles. The zero-order valence-electron chi connectivity index (χ0n) is 10.1. The Morgan fingerprint density at radius 2 is 1.94 bits per heavy atom. The molecular formula is C12H20N2OS. The van der Waals surface area contributed by atoms with Crippen LogP contribution in [0.1, 0.15) is 49.2 Å². The van der Waals surface area contributed by atoms with Crippen molar-refractivity contribution in [3.8, 4) is 0 Å². The second-order valence-electron chi connectivity index (χ2n) is 3.86. The molecule has 0 saturated heterocycles.